The van der Waals surface area contributed by atoms with E-state index in [0.29, 0.717) is 0 Å². The van der Waals surface area contributed by atoms with E-state index in [4.69, 9.17) is 4.74 Å². The molecular weight excluding hydrogens is 668 g/mol. The molecule has 7 heteroatoms. The molecule has 1 spiro atoms. The van der Waals surface area contributed by atoms with Gasteiger partial charge in [0.15, 0.2) is 5.60 Å². The van der Waals surface area contributed by atoms with Crippen molar-refractivity contribution in [1.82, 2.24) is 0 Å². The van der Waals surface area contributed by atoms with E-state index >= 15 is 0 Å². The van der Waals surface area contributed by atoms with Gasteiger partial charge in [-0.25, -0.2) is 0 Å². The smallest absolute Gasteiger partial charge is 0.416 e. The van der Waals surface area contributed by atoms with Crippen LogP contribution in [0.25, 0.3) is 28.0 Å². The number of halogens is 3. The van der Waals surface area contributed by atoms with Crippen LogP contribution in [0, 0.1) is 0 Å². The molecule has 1 saturated carbocycles. The number of benzene rings is 5. The van der Waals surface area contributed by atoms with Gasteiger partial charge in [0.2, 0.25) is 0 Å². The molecule has 50 heavy (non-hydrogen) atoms. The second kappa shape index (κ2) is 12.4. The van der Waals surface area contributed by atoms with Crippen LogP contribution in [-0.2, 0) is 17.2 Å². The normalized spacial score (nSPS) is 19.1. The summed E-state index contributed by atoms with van der Waals surface area (Å²) >= 11 is 3.41. The lowest BCUT2D eigenvalue weighted by atomic mass is 9.69. The molecule has 1 fully saturated rings. The van der Waals surface area contributed by atoms with Crippen LogP contribution in [0.15, 0.2) is 101 Å². The number of thioether (sulfide) groups is 2. The Kier molecular flexibility index (Phi) is 8.30. The van der Waals surface area contributed by atoms with Crippen molar-refractivity contribution in [3.8, 4) is 16.9 Å². The lowest BCUT2D eigenvalue weighted by Crippen LogP contribution is -2.35. The third kappa shape index (κ3) is 5.10. The molecule has 0 radical (unpaired) electrons. The van der Waals surface area contributed by atoms with Crippen molar-refractivity contribution in [3.63, 3.8) is 0 Å². The summed E-state index contributed by atoms with van der Waals surface area (Å²) in [6, 6.07) is 27.9. The molecule has 1 atom stereocenters. The monoisotopic (exact) mass is 707 g/mol. The molecule has 0 amide bonds. The molecule has 1 heterocycles. The van der Waals surface area contributed by atoms with Crippen molar-refractivity contribution in [2.24, 2.45) is 0 Å². The number of nitrogens with zero attached hydrogens (tertiary/aromatic N) is 1. The van der Waals surface area contributed by atoms with E-state index < -0.39 is 22.8 Å². The highest BCUT2D eigenvalue weighted by molar-refractivity contribution is 8.01. The number of hydrogen-bond acceptors (Lipinski definition) is 4. The first-order valence-electron chi connectivity index (χ1n) is 17.3. The lowest BCUT2D eigenvalue weighted by molar-refractivity contribution is -0.137. The maximum absolute atomic E-state index is 14.4. The van der Waals surface area contributed by atoms with E-state index in [1.54, 1.807) is 29.6 Å². The van der Waals surface area contributed by atoms with Gasteiger partial charge in [-0.2, -0.15) is 13.2 Å². The first kappa shape index (κ1) is 33.3. The molecule has 0 bridgehead atoms. The number of ether oxygens (including phenoxy) is 1. The minimum Gasteiger partial charge on any atom is -0.472 e. The zero-order valence-corrected chi connectivity index (χ0v) is 30.4. The number of alkyl halides is 3. The van der Waals surface area contributed by atoms with Gasteiger partial charge >= 0.3 is 6.18 Å². The van der Waals surface area contributed by atoms with Gasteiger partial charge in [0, 0.05) is 57.1 Å². The second-order valence-corrected chi connectivity index (χ2v) is 15.7. The molecule has 0 saturated heterocycles. The fraction of sp³-hybridized carbons (Fsp3) is 0.302. The second-order valence-electron chi connectivity index (χ2n) is 14.0. The van der Waals surface area contributed by atoms with Gasteiger partial charge in [0.05, 0.1) is 5.56 Å². The van der Waals surface area contributed by atoms with Gasteiger partial charge in [0.25, 0.3) is 0 Å². The van der Waals surface area contributed by atoms with E-state index in [1.165, 1.54) is 12.1 Å². The average molecular weight is 708 g/mol. The third-order valence-electron chi connectivity index (χ3n) is 11.1. The van der Waals surface area contributed by atoms with Crippen molar-refractivity contribution in [1.29, 1.82) is 0 Å². The minimum absolute atomic E-state index is 0.536. The van der Waals surface area contributed by atoms with Gasteiger partial charge in [-0.15, -0.1) is 23.5 Å². The van der Waals surface area contributed by atoms with Gasteiger partial charge in [-0.3, -0.25) is 0 Å². The van der Waals surface area contributed by atoms with Crippen molar-refractivity contribution >= 4 is 46.1 Å². The van der Waals surface area contributed by atoms with Crippen LogP contribution in [0.5, 0.6) is 5.75 Å². The zero-order valence-electron chi connectivity index (χ0n) is 28.8. The summed E-state index contributed by atoms with van der Waals surface area (Å²) in [7, 11) is 4.07. The Hall–Kier alpha value is -3.81. The predicted molar refractivity (Wildman–Crippen MR) is 204 cm³/mol. The highest BCUT2D eigenvalue weighted by Gasteiger charge is 2.49. The van der Waals surface area contributed by atoms with Crippen LogP contribution in [0.1, 0.15) is 71.9 Å². The molecule has 0 N–H and O–H groups in total. The maximum Gasteiger partial charge on any atom is 0.416 e. The molecule has 1 aliphatic heterocycles. The number of rotatable bonds is 5. The zero-order chi connectivity index (χ0) is 34.8. The van der Waals surface area contributed by atoms with Crippen molar-refractivity contribution in [2.45, 2.75) is 65.5 Å². The van der Waals surface area contributed by atoms with Crippen molar-refractivity contribution < 1.29 is 17.9 Å². The Morgan fingerprint density at radius 2 is 1.38 bits per heavy atom. The number of anilines is 1. The Labute approximate surface area is 301 Å². The van der Waals surface area contributed by atoms with E-state index in [1.807, 2.05) is 32.3 Å². The maximum atomic E-state index is 14.4. The van der Waals surface area contributed by atoms with E-state index in [9.17, 15) is 13.2 Å². The highest BCUT2D eigenvalue weighted by Crippen LogP contribution is 2.62. The fourth-order valence-corrected chi connectivity index (χ4v) is 10.2. The Balaban J connectivity index is 1.48. The summed E-state index contributed by atoms with van der Waals surface area (Å²) in [4.78, 5) is 4.40. The molecule has 5 aromatic rings. The molecule has 1 unspecified atom stereocenters. The minimum atomic E-state index is -4.42. The molecule has 2 aliphatic carbocycles. The van der Waals surface area contributed by atoms with Gasteiger partial charge in [-0.1, -0.05) is 80.3 Å². The SMILES string of the molecule is CSc1cc2c3c(c4c(c2cc1SC)-c1ccc(C(F)(F)F)cc1C41CCCCCC1)C=CC(c1ccccc1)(c1ccc(N(C)C)cc1)O3. The average Bonchev–Trinajstić information content (AvgIpc) is 3.23. The van der Waals surface area contributed by atoms with Crippen LogP contribution in [0.2, 0.25) is 0 Å². The van der Waals surface area contributed by atoms with Gasteiger partial charge < -0.3 is 9.64 Å². The van der Waals surface area contributed by atoms with Gasteiger partial charge in [0.1, 0.15) is 5.75 Å². The third-order valence-corrected chi connectivity index (χ3v) is 12.8. The fourth-order valence-electron chi connectivity index (χ4n) is 8.73. The quantitative estimate of drug-likeness (QED) is 0.169. The molecule has 2 nitrogen and oxygen atoms in total. The van der Waals surface area contributed by atoms with E-state index in [-0.39, 0.29) is 0 Å². The molecular formula is C43H40F3NOS2. The van der Waals surface area contributed by atoms with E-state index in [0.717, 1.165) is 109 Å². The summed E-state index contributed by atoms with van der Waals surface area (Å²) in [6.45, 7) is 0. The van der Waals surface area contributed by atoms with E-state index in [2.05, 4.69) is 78.1 Å². The van der Waals surface area contributed by atoms with Gasteiger partial charge in [-0.05, 0) is 95.5 Å². The summed E-state index contributed by atoms with van der Waals surface area (Å²) in [5, 5.41) is 2.04. The molecule has 256 valence electrons. The summed E-state index contributed by atoms with van der Waals surface area (Å²) in [6.07, 6.45) is 9.92. The topological polar surface area (TPSA) is 12.5 Å². The Morgan fingerprint density at radius 3 is 2.00 bits per heavy atom. The highest BCUT2D eigenvalue weighted by atomic mass is 32.2. The standard InChI is InChI=1S/C43H40F3NOS2/c1-47(2)30-17-14-28(15-18-30)42(27-12-8-7-9-13-27)23-20-32-39-38(33-25-36(49-3)37(50-4)26-34(33)40(32)48-42)31-19-16-29(43(44,45)46)24-35(31)41(39)21-10-5-6-11-22-41/h7-9,12-20,23-26H,5-6,10-11,21-22H2,1-4H3. The molecule has 3 aliphatic rings. The molecule has 0 aromatic heterocycles. The lowest BCUT2D eigenvalue weighted by Gasteiger charge is -2.40. The van der Waals surface area contributed by atoms with Crippen LogP contribution in [0.4, 0.5) is 18.9 Å². The first-order valence-corrected chi connectivity index (χ1v) is 19.8. The molecule has 8 rings (SSSR count). The van der Waals surface area contributed by atoms with Crippen molar-refractivity contribution in [3.05, 3.63) is 124 Å². The Morgan fingerprint density at radius 1 is 0.740 bits per heavy atom. The van der Waals surface area contributed by atoms with Crippen LogP contribution in [0.3, 0.4) is 0 Å². The number of fused-ring (bicyclic) bond motifs is 10. The summed E-state index contributed by atoms with van der Waals surface area (Å²) < 4.78 is 50.7. The number of hydrogen-bond donors (Lipinski definition) is 0. The van der Waals surface area contributed by atoms with Crippen LogP contribution in [-0.4, -0.2) is 26.6 Å². The first-order chi connectivity index (χ1) is 24.1. The summed E-state index contributed by atoms with van der Waals surface area (Å²) in [5.74, 6) is 0.803. The summed E-state index contributed by atoms with van der Waals surface area (Å²) in [5.41, 5.74) is 6.07. The van der Waals surface area contributed by atoms with Crippen LogP contribution >= 0.6 is 23.5 Å². The van der Waals surface area contributed by atoms with Crippen LogP contribution < -0.4 is 9.64 Å². The molecule has 5 aromatic carbocycles. The largest absolute Gasteiger partial charge is 0.472 e. The Bertz CT molecular complexity index is 2130. The predicted octanol–water partition coefficient (Wildman–Crippen LogP) is 12.3. The van der Waals surface area contributed by atoms with Crippen molar-refractivity contribution in [2.75, 3.05) is 31.5 Å².